The summed E-state index contributed by atoms with van der Waals surface area (Å²) in [5, 5.41) is 12.3. The first-order valence-corrected chi connectivity index (χ1v) is 9.39. The van der Waals surface area contributed by atoms with E-state index in [9.17, 15) is 27.5 Å². The van der Waals surface area contributed by atoms with Gasteiger partial charge in [-0.1, -0.05) is 6.92 Å². The van der Waals surface area contributed by atoms with Gasteiger partial charge in [0.2, 0.25) is 0 Å². The number of anilines is 1. The van der Waals surface area contributed by atoms with Gasteiger partial charge >= 0.3 is 12.2 Å². The van der Waals surface area contributed by atoms with Crippen molar-refractivity contribution in [2.75, 3.05) is 11.9 Å². The molecule has 2 amide bonds. The Morgan fingerprint density at radius 3 is 2.60 bits per heavy atom. The minimum Gasteiger partial charge on any atom is -0.394 e. The van der Waals surface area contributed by atoms with Crippen LogP contribution in [0.3, 0.4) is 0 Å². The Hall–Kier alpha value is -2.82. The highest BCUT2D eigenvalue weighted by Crippen LogP contribution is 2.49. The fourth-order valence-electron chi connectivity index (χ4n) is 4.61. The van der Waals surface area contributed by atoms with Crippen LogP contribution in [0.2, 0.25) is 0 Å². The van der Waals surface area contributed by atoms with Gasteiger partial charge in [0.25, 0.3) is 0 Å². The lowest BCUT2D eigenvalue weighted by molar-refractivity contribution is -0.137. The van der Waals surface area contributed by atoms with Gasteiger partial charge in [-0.3, -0.25) is 5.32 Å². The minimum atomic E-state index is -4.74. The molecule has 2 N–H and O–H groups in total. The minimum absolute atomic E-state index is 0.0322. The number of carbonyl (C=O) groups is 1. The lowest BCUT2D eigenvalue weighted by atomic mass is 9.65. The molecule has 1 saturated carbocycles. The average Bonchev–Trinajstić information content (AvgIpc) is 2.66. The molecular formula is C19H19F4N5O2. The molecule has 2 saturated heterocycles. The molecule has 3 fully saturated rings. The fourth-order valence-corrected chi connectivity index (χ4v) is 4.61. The Morgan fingerprint density at radius 1 is 1.27 bits per heavy atom. The third-order valence-corrected chi connectivity index (χ3v) is 5.71. The maximum atomic E-state index is 13.4. The van der Waals surface area contributed by atoms with Gasteiger partial charge in [0.15, 0.2) is 11.6 Å². The van der Waals surface area contributed by atoms with Crippen LogP contribution in [0.4, 0.5) is 28.2 Å². The van der Waals surface area contributed by atoms with E-state index in [1.165, 1.54) is 0 Å². The topological polar surface area (TPSA) is 91.2 Å². The van der Waals surface area contributed by atoms with E-state index in [0.29, 0.717) is 25.0 Å². The second-order valence-electron chi connectivity index (χ2n) is 7.92. The Bertz CT molecular complexity index is 968. The molecule has 2 bridgehead atoms. The maximum Gasteiger partial charge on any atom is 0.418 e. The quantitative estimate of drug-likeness (QED) is 0.735. The zero-order valence-corrected chi connectivity index (χ0v) is 15.9. The normalized spacial score (nSPS) is 25.6. The Labute approximate surface area is 169 Å². The summed E-state index contributed by atoms with van der Waals surface area (Å²) >= 11 is 0. The van der Waals surface area contributed by atoms with Crippen LogP contribution < -0.4 is 5.32 Å². The van der Waals surface area contributed by atoms with E-state index in [-0.39, 0.29) is 24.3 Å². The Balaban J connectivity index is 1.63. The number of hydrogen-bond acceptors (Lipinski definition) is 5. The van der Waals surface area contributed by atoms with Crippen LogP contribution in [0.5, 0.6) is 0 Å². The summed E-state index contributed by atoms with van der Waals surface area (Å²) in [7, 11) is 0. The molecule has 11 heteroatoms. The van der Waals surface area contributed by atoms with Crippen molar-refractivity contribution >= 4 is 11.8 Å². The highest BCUT2D eigenvalue weighted by atomic mass is 19.4. The molecule has 4 heterocycles. The molecule has 7 nitrogen and oxygen atoms in total. The Morgan fingerprint density at radius 2 is 1.97 bits per heavy atom. The molecule has 2 aliphatic heterocycles. The summed E-state index contributed by atoms with van der Waals surface area (Å²) in [5.41, 5.74) is -2.18. The van der Waals surface area contributed by atoms with E-state index in [1.54, 1.807) is 4.90 Å². The number of nitrogens with one attached hydrogen (secondary N) is 1. The van der Waals surface area contributed by atoms with E-state index in [2.05, 4.69) is 27.2 Å². The van der Waals surface area contributed by atoms with Gasteiger partial charge in [-0.25, -0.2) is 24.1 Å². The zero-order valence-electron chi connectivity index (χ0n) is 15.9. The van der Waals surface area contributed by atoms with E-state index in [0.717, 1.165) is 24.9 Å². The summed E-state index contributed by atoms with van der Waals surface area (Å²) < 4.78 is 53.3. The van der Waals surface area contributed by atoms with Crippen LogP contribution in [-0.4, -0.2) is 49.2 Å². The number of halogens is 4. The first kappa shape index (κ1) is 20.5. The number of rotatable bonds is 3. The molecule has 30 heavy (non-hydrogen) atoms. The molecule has 3 aliphatic rings. The van der Waals surface area contributed by atoms with Crippen molar-refractivity contribution in [3.8, 4) is 11.4 Å². The second-order valence-corrected chi connectivity index (χ2v) is 7.92. The Kier molecular flexibility index (Phi) is 4.88. The molecule has 1 unspecified atom stereocenters. The molecule has 2 aromatic heterocycles. The van der Waals surface area contributed by atoms with Crippen LogP contribution in [-0.2, 0) is 6.18 Å². The van der Waals surface area contributed by atoms with Crippen LogP contribution in [0.1, 0.15) is 31.7 Å². The molecule has 2 aromatic rings. The van der Waals surface area contributed by atoms with E-state index >= 15 is 0 Å². The number of aliphatic hydroxyl groups is 1. The number of nitrogens with zero attached hydrogens (tertiary/aromatic N) is 4. The number of pyridine rings is 1. The number of piperidine rings is 1. The summed E-state index contributed by atoms with van der Waals surface area (Å²) in [4.78, 5) is 25.3. The SMILES string of the molecule is C[C@H]1C[C@@H]2CC(CO)(C1)N2C(=O)Nc1cc(-c2ncc(F)cn2)c(C(F)(F)F)cn1. The smallest absolute Gasteiger partial charge is 0.394 e. The van der Waals surface area contributed by atoms with Crippen molar-refractivity contribution in [1.29, 1.82) is 0 Å². The number of hydrogen-bond donors (Lipinski definition) is 2. The second kappa shape index (κ2) is 7.15. The van der Waals surface area contributed by atoms with Crippen molar-refractivity contribution in [3.05, 3.63) is 36.0 Å². The number of amides is 2. The molecular weight excluding hydrogens is 406 g/mol. The fraction of sp³-hybridized carbons (Fsp3) is 0.474. The summed E-state index contributed by atoms with van der Waals surface area (Å²) in [6, 6.07) is 0.443. The van der Waals surface area contributed by atoms with Crippen molar-refractivity contribution < 1.29 is 27.5 Å². The van der Waals surface area contributed by atoms with Gasteiger partial charge in [0, 0.05) is 17.8 Å². The molecule has 0 spiro atoms. The van der Waals surface area contributed by atoms with Crippen LogP contribution in [0.25, 0.3) is 11.4 Å². The summed E-state index contributed by atoms with van der Waals surface area (Å²) in [5.74, 6) is -0.890. The van der Waals surface area contributed by atoms with Crippen molar-refractivity contribution in [2.24, 2.45) is 5.92 Å². The van der Waals surface area contributed by atoms with Crippen molar-refractivity contribution in [1.82, 2.24) is 19.9 Å². The molecule has 3 atom stereocenters. The third-order valence-electron chi connectivity index (χ3n) is 5.71. The lowest BCUT2D eigenvalue weighted by Crippen LogP contribution is -2.73. The van der Waals surface area contributed by atoms with Gasteiger partial charge in [-0.05, 0) is 31.2 Å². The van der Waals surface area contributed by atoms with Gasteiger partial charge in [-0.15, -0.1) is 0 Å². The number of aromatic nitrogens is 3. The third kappa shape index (κ3) is 3.47. The average molecular weight is 425 g/mol. The zero-order chi connectivity index (χ0) is 21.7. The molecule has 5 rings (SSSR count). The highest BCUT2D eigenvalue weighted by Gasteiger charge is 2.57. The maximum absolute atomic E-state index is 13.4. The number of aliphatic hydroxyl groups excluding tert-OH is 1. The van der Waals surface area contributed by atoms with Crippen LogP contribution in [0.15, 0.2) is 24.7 Å². The molecule has 0 aromatic carbocycles. The van der Waals surface area contributed by atoms with Crippen LogP contribution >= 0.6 is 0 Å². The molecule has 0 radical (unpaired) electrons. The van der Waals surface area contributed by atoms with Crippen LogP contribution in [0, 0.1) is 11.7 Å². The van der Waals surface area contributed by atoms with Crippen molar-refractivity contribution in [2.45, 2.75) is 43.9 Å². The highest BCUT2D eigenvalue weighted by molar-refractivity contribution is 5.90. The van der Waals surface area contributed by atoms with Gasteiger partial charge < -0.3 is 10.0 Å². The lowest BCUT2D eigenvalue weighted by Gasteiger charge is -2.62. The van der Waals surface area contributed by atoms with Gasteiger partial charge in [0.1, 0.15) is 5.82 Å². The van der Waals surface area contributed by atoms with Crippen molar-refractivity contribution in [3.63, 3.8) is 0 Å². The summed E-state index contributed by atoms with van der Waals surface area (Å²) in [6.07, 6.45) is -0.501. The predicted octanol–water partition coefficient (Wildman–Crippen LogP) is 3.46. The monoisotopic (exact) mass is 425 g/mol. The number of carbonyl (C=O) groups excluding carboxylic acids is 1. The summed E-state index contributed by atoms with van der Waals surface area (Å²) in [6.45, 7) is 1.87. The predicted molar refractivity (Wildman–Crippen MR) is 97.7 cm³/mol. The first-order chi connectivity index (χ1) is 14.1. The molecule has 160 valence electrons. The molecule has 1 aliphatic carbocycles. The number of fused-ring (bicyclic) bond motifs is 2. The van der Waals surface area contributed by atoms with E-state index in [1.807, 2.05) is 0 Å². The van der Waals surface area contributed by atoms with E-state index in [4.69, 9.17) is 0 Å². The first-order valence-electron chi connectivity index (χ1n) is 9.39. The van der Waals surface area contributed by atoms with Gasteiger partial charge in [0.05, 0.1) is 30.1 Å². The standard InChI is InChI=1S/C19H19F4N5O2/c1-10-2-12-5-18(4-10,9-29)28(12)17(30)27-15-3-13(14(8-24-15)19(21,22)23)16-25-6-11(20)7-26-16/h3,6-8,10,12,29H,2,4-5,9H2,1H3,(H,24,27,30)/t10-,12+,18?/m0/s1. The van der Waals surface area contributed by atoms with E-state index < -0.39 is 34.7 Å². The number of urea groups is 1. The largest absolute Gasteiger partial charge is 0.418 e. The number of alkyl halides is 3. The van der Waals surface area contributed by atoms with Gasteiger partial charge in [-0.2, -0.15) is 13.2 Å².